The normalized spacial score (nSPS) is 12.2. The lowest BCUT2D eigenvalue weighted by molar-refractivity contribution is 0.0942. The number of thiophene rings is 1. The fraction of sp³-hybridized carbons (Fsp3) is 0.176. The summed E-state index contributed by atoms with van der Waals surface area (Å²) in [4.78, 5) is 13.9. The predicted octanol–water partition coefficient (Wildman–Crippen LogP) is 3.48. The van der Waals surface area contributed by atoms with E-state index in [-0.39, 0.29) is 12.5 Å². The van der Waals surface area contributed by atoms with Crippen molar-refractivity contribution in [1.29, 1.82) is 0 Å². The Morgan fingerprint density at radius 1 is 1.35 bits per heavy atom. The second kappa shape index (κ2) is 8.07. The zero-order valence-electron chi connectivity index (χ0n) is 13.4. The monoisotopic (exact) mass is 440 g/mol. The van der Waals surface area contributed by atoms with Crippen molar-refractivity contribution in [1.82, 2.24) is 15.5 Å². The van der Waals surface area contributed by atoms with Crippen LogP contribution in [0.2, 0.25) is 0 Å². The van der Waals surface area contributed by atoms with Crippen molar-refractivity contribution in [2.45, 2.75) is 12.5 Å². The van der Waals surface area contributed by atoms with E-state index in [0.29, 0.717) is 16.9 Å². The van der Waals surface area contributed by atoms with E-state index in [1.54, 1.807) is 18.5 Å². The first-order valence-corrected chi connectivity index (χ1v) is 9.32. The minimum absolute atomic E-state index is 0.172. The van der Waals surface area contributed by atoms with Crippen LogP contribution in [0.15, 0.2) is 41.1 Å². The number of halogens is 3. The summed E-state index contributed by atoms with van der Waals surface area (Å²) in [6.07, 6.45) is 3.72. The molecule has 0 saturated heterocycles. The molecule has 26 heavy (non-hydrogen) atoms. The van der Waals surface area contributed by atoms with Crippen LogP contribution in [-0.4, -0.2) is 28.7 Å². The number of amides is 1. The van der Waals surface area contributed by atoms with Gasteiger partial charge >= 0.3 is 0 Å². The smallest absolute Gasteiger partial charge is 0.261 e. The van der Waals surface area contributed by atoms with E-state index in [1.165, 1.54) is 17.4 Å². The van der Waals surface area contributed by atoms with Crippen molar-refractivity contribution in [2.75, 3.05) is 6.54 Å². The van der Waals surface area contributed by atoms with Crippen LogP contribution >= 0.6 is 27.3 Å². The lowest BCUT2D eigenvalue weighted by Crippen LogP contribution is -2.41. The fourth-order valence-electron chi connectivity index (χ4n) is 2.45. The number of hydrogen-bond donors (Lipinski definition) is 3. The molecule has 0 aliphatic rings. The highest BCUT2D eigenvalue weighted by molar-refractivity contribution is 9.10. The van der Waals surface area contributed by atoms with Crippen molar-refractivity contribution in [2.24, 2.45) is 5.73 Å². The molecule has 4 N–H and O–H groups in total. The zero-order chi connectivity index (χ0) is 18.7. The standard InChI is InChI=1S/C17H15BrF2N4OS/c18-12-5-15(26-16(12)10-7-22-23-8-10)17(25)24-11(6-21)3-9-1-2-13(19)14(20)4-9/h1-2,4-5,7-8,11H,3,6,21H2,(H,22,23)(H,24,25)/t11-/m0/s1. The molecule has 2 heterocycles. The molecule has 0 unspecified atom stereocenters. The van der Waals surface area contributed by atoms with Gasteiger partial charge in [-0.1, -0.05) is 6.07 Å². The van der Waals surface area contributed by atoms with Gasteiger partial charge in [0.15, 0.2) is 11.6 Å². The second-order valence-corrected chi connectivity index (χ2v) is 7.54. The highest BCUT2D eigenvalue weighted by Crippen LogP contribution is 2.36. The molecule has 0 aliphatic heterocycles. The number of aromatic nitrogens is 2. The molecule has 1 aromatic carbocycles. The molecule has 9 heteroatoms. The summed E-state index contributed by atoms with van der Waals surface area (Å²) >= 11 is 4.76. The van der Waals surface area contributed by atoms with Crippen LogP contribution in [0.3, 0.4) is 0 Å². The lowest BCUT2D eigenvalue weighted by atomic mass is 10.1. The summed E-state index contributed by atoms with van der Waals surface area (Å²) in [5.41, 5.74) is 7.16. The van der Waals surface area contributed by atoms with Gasteiger partial charge in [-0.25, -0.2) is 8.78 Å². The molecular weight excluding hydrogens is 426 g/mol. The molecule has 1 atom stereocenters. The first-order valence-electron chi connectivity index (χ1n) is 7.71. The van der Waals surface area contributed by atoms with E-state index < -0.39 is 17.7 Å². The first-order chi connectivity index (χ1) is 12.5. The molecule has 136 valence electrons. The van der Waals surface area contributed by atoms with E-state index in [0.717, 1.165) is 27.0 Å². The maximum absolute atomic E-state index is 13.3. The van der Waals surface area contributed by atoms with E-state index in [1.807, 2.05) is 0 Å². The quantitative estimate of drug-likeness (QED) is 0.548. The van der Waals surface area contributed by atoms with Gasteiger partial charge in [-0.15, -0.1) is 11.3 Å². The van der Waals surface area contributed by atoms with Crippen molar-refractivity contribution in [3.63, 3.8) is 0 Å². The number of carbonyl (C=O) groups excluding carboxylic acids is 1. The largest absolute Gasteiger partial charge is 0.347 e. The molecule has 0 spiro atoms. The Morgan fingerprint density at radius 3 is 2.81 bits per heavy atom. The number of H-pyrrole nitrogens is 1. The molecule has 5 nitrogen and oxygen atoms in total. The first kappa shape index (κ1) is 18.7. The molecule has 3 rings (SSSR count). The molecule has 1 amide bonds. The Kier molecular flexibility index (Phi) is 5.80. The van der Waals surface area contributed by atoms with Crippen LogP contribution in [0.4, 0.5) is 8.78 Å². The van der Waals surface area contributed by atoms with E-state index in [9.17, 15) is 13.6 Å². The second-order valence-electron chi connectivity index (χ2n) is 5.63. The van der Waals surface area contributed by atoms with Gasteiger partial charge in [-0.05, 0) is 46.1 Å². The maximum atomic E-state index is 13.3. The number of rotatable bonds is 6. The number of carbonyl (C=O) groups is 1. The third-order valence-electron chi connectivity index (χ3n) is 3.76. The number of benzene rings is 1. The number of nitrogens with two attached hydrogens (primary N) is 1. The topological polar surface area (TPSA) is 83.8 Å². The van der Waals surface area contributed by atoms with Gasteiger partial charge in [0.05, 0.1) is 16.0 Å². The summed E-state index contributed by atoms with van der Waals surface area (Å²) in [6.45, 7) is 0.172. The van der Waals surface area contributed by atoms with Gasteiger partial charge in [-0.2, -0.15) is 5.10 Å². The number of hydrogen-bond acceptors (Lipinski definition) is 4. The molecule has 0 saturated carbocycles. The minimum atomic E-state index is -0.920. The van der Waals surface area contributed by atoms with E-state index in [2.05, 4.69) is 31.4 Å². The summed E-state index contributed by atoms with van der Waals surface area (Å²) in [6, 6.07) is 4.99. The third-order valence-corrected chi connectivity index (χ3v) is 5.83. The highest BCUT2D eigenvalue weighted by atomic mass is 79.9. The van der Waals surface area contributed by atoms with Crippen LogP contribution in [0, 0.1) is 11.6 Å². The summed E-state index contributed by atoms with van der Waals surface area (Å²) < 4.78 is 27.2. The molecule has 0 aliphatic carbocycles. The Bertz CT molecular complexity index is 914. The summed E-state index contributed by atoms with van der Waals surface area (Å²) in [5.74, 6) is -2.10. The van der Waals surface area contributed by atoms with Crippen molar-refractivity contribution in [3.8, 4) is 10.4 Å². The van der Waals surface area contributed by atoms with Crippen molar-refractivity contribution < 1.29 is 13.6 Å². The lowest BCUT2D eigenvalue weighted by Gasteiger charge is -2.16. The van der Waals surface area contributed by atoms with Gasteiger partial charge < -0.3 is 11.1 Å². The molecule has 0 fully saturated rings. The SMILES string of the molecule is NC[C@H](Cc1ccc(F)c(F)c1)NC(=O)c1cc(Br)c(-c2cn[nH]c2)s1. The van der Waals surface area contributed by atoms with Crippen molar-refractivity contribution in [3.05, 3.63) is 63.2 Å². The van der Waals surface area contributed by atoms with Crippen LogP contribution in [-0.2, 0) is 6.42 Å². The van der Waals surface area contributed by atoms with Gasteiger partial charge in [0.1, 0.15) is 0 Å². The summed E-state index contributed by atoms with van der Waals surface area (Å²) in [7, 11) is 0. The van der Waals surface area contributed by atoms with Gasteiger partial charge in [0, 0.05) is 28.8 Å². The van der Waals surface area contributed by atoms with Crippen LogP contribution in [0.25, 0.3) is 10.4 Å². The molecule has 2 aromatic heterocycles. The zero-order valence-corrected chi connectivity index (χ0v) is 15.8. The Hall–Kier alpha value is -2.10. The molecular formula is C17H15BrF2N4OS. The average Bonchev–Trinajstić information content (AvgIpc) is 3.26. The number of nitrogens with one attached hydrogen (secondary N) is 2. The fourth-order valence-corrected chi connectivity index (χ4v) is 4.24. The Balaban J connectivity index is 1.71. The average molecular weight is 441 g/mol. The summed E-state index contributed by atoms with van der Waals surface area (Å²) in [5, 5.41) is 9.47. The van der Waals surface area contributed by atoms with Crippen LogP contribution in [0.1, 0.15) is 15.2 Å². The number of nitrogens with zero attached hydrogens (tertiary/aromatic N) is 1. The van der Waals surface area contributed by atoms with Gasteiger partial charge in [-0.3, -0.25) is 9.89 Å². The molecule has 0 bridgehead atoms. The van der Waals surface area contributed by atoms with Gasteiger partial charge in [0.2, 0.25) is 0 Å². The van der Waals surface area contributed by atoms with E-state index in [4.69, 9.17) is 5.73 Å². The molecule has 3 aromatic rings. The predicted molar refractivity (Wildman–Crippen MR) is 100.0 cm³/mol. The van der Waals surface area contributed by atoms with Crippen LogP contribution in [0.5, 0.6) is 0 Å². The Morgan fingerprint density at radius 2 is 2.15 bits per heavy atom. The van der Waals surface area contributed by atoms with Crippen LogP contribution < -0.4 is 11.1 Å². The van der Waals surface area contributed by atoms with Crippen molar-refractivity contribution >= 4 is 33.2 Å². The van der Waals surface area contributed by atoms with Gasteiger partial charge in [0.25, 0.3) is 5.91 Å². The van der Waals surface area contributed by atoms with E-state index >= 15 is 0 Å². The Labute approximate surface area is 160 Å². The maximum Gasteiger partial charge on any atom is 0.261 e. The third kappa shape index (κ3) is 4.17. The molecule has 0 radical (unpaired) electrons. The number of aromatic amines is 1. The highest BCUT2D eigenvalue weighted by Gasteiger charge is 2.18. The minimum Gasteiger partial charge on any atom is -0.347 e.